The molecule has 0 saturated carbocycles. The molecule has 0 aliphatic carbocycles. The lowest BCUT2D eigenvalue weighted by Gasteiger charge is -2.09. The molecular weight excluding hydrogens is 150 g/mol. The lowest BCUT2D eigenvalue weighted by atomic mass is 10.0. The first-order valence-corrected chi connectivity index (χ1v) is 4.23. The Morgan fingerprint density at radius 1 is 1.50 bits per heavy atom. The summed E-state index contributed by atoms with van der Waals surface area (Å²) in [5.41, 5.74) is 7.94. The van der Waals surface area contributed by atoms with Crippen molar-refractivity contribution in [2.75, 3.05) is 6.61 Å². The topological polar surface area (TPSA) is 46.2 Å². The van der Waals surface area contributed by atoms with E-state index in [1.807, 2.05) is 18.2 Å². The Morgan fingerprint density at radius 2 is 2.25 bits per heavy atom. The third-order valence-electron chi connectivity index (χ3n) is 1.98. The third kappa shape index (κ3) is 2.06. The maximum Gasteiger partial charge on any atom is 0.0624 e. The second-order valence-corrected chi connectivity index (χ2v) is 2.89. The number of aliphatic hydroxyl groups is 1. The summed E-state index contributed by atoms with van der Waals surface area (Å²) in [5, 5.41) is 8.83. The van der Waals surface area contributed by atoms with Gasteiger partial charge in [-0.25, -0.2) is 0 Å². The fraction of sp³-hybridized carbons (Fsp3) is 0.400. The maximum absolute atomic E-state index is 8.83. The van der Waals surface area contributed by atoms with Crippen LogP contribution in [0.15, 0.2) is 24.3 Å². The van der Waals surface area contributed by atoms with Crippen molar-refractivity contribution in [2.45, 2.75) is 19.4 Å². The van der Waals surface area contributed by atoms with E-state index in [0.717, 1.165) is 12.0 Å². The predicted molar refractivity (Wildman–Crippen MR) is 49.8 cm³/mol. The number of nitrogens with two attached hydrogens (primary N) is 1. The summed E-state index contributed by atoms with van der Waals surface area (Å²) in [5.74, 6) is 0. The van der Waals surface area contributed by atoms with Gasteiger partial charge < -0.3 is 10.8 Å². The van der Waals surface area contributed by atoms with Gasteiger partial charge in [-0.1, -0.05) is 31.2 Å². The van der Waals surface area contributed by atoms with E-state index in [4.69, 9.17) is 10.8 Å². The van der Waals surface area contributed by atoms with Gasteiger partial charge in [0.05, 0.1) is 12.6 Å². The molecule has 66 valence electrons. The molecule has 2 nitrogen and oxygen atoms in total. The second kappa shape index (κ2) is 4.24. The molecule has 0 radical (unpaired) electrons. The quantitative estimate of drug-likeness (QED) is 0.708. The van der Waals surface area contributed by atoms with Crippen LogP contribution < -0.4 is 5.73 Å². The van der Waals surface area contributed by atoms with E-state index in [1.54, 1.807) is 0 Å². The number of aliphatic hydroxyl groups excluding tert-OH is 1. The number of benzene rings is 1. The third-order valence-corrected chi connectivity index (χ3v) is 1.98. The Hall–Kier alpha value is -0.860. The van der Waals surface area contributed by atoms with Crippen LogP contribution in [0.4, 0.5) is 0 Å². The highest BCUT2D eigenvalue weighted by Gasteiger charge is 2.03. The number of aryl methyl sites for hydroxylation is 1. The van der Waals surface area contributed by atoms with Gasteiger partial charge in [0.2, 0.25) is 0 Å². The average molecular weight is 165 g/mol. The standard InChI is InChI=1S/C10H15NO/c1-2-8-4-3-5-9(6-8)10(11)7-12/h3-6,10,12H,2,7,11H2,1H3. The highest BCUT2D eigenvalue weighted by molar-refractivity contribution is 5.25. The van der Waals surface area contributed by atoms with Crippen LogP contribution in [0.1, 0.15) is 24.1 Å². The molecule has 0 saturated heterocycles. The minimum atomic E-state index is -0.239. The summed E-state index contributed by atoms with van der Waals surface area (Å²) >= 11 is 0. The first-order chi connectivity index (χ1) is 5.77. The SMILES string of the molecule is CCc1cccc(C(N)CO)c1. The van der Waals surface area contributed by atoms with Crippen LogP contribution in [0.3, 0.4) is 0 Å². The zero-order valence-electron chi connectivity index (χ0n) is 7.33. The van der Waals surface area contributed by atoms with E-state index < -0.39 is 0 Å². The average Bonchev–Trinajstić information content (AvgIpc) is 2.17. The minimum absolute atomic E-state index is 0.00711. The summed E-state index contributed by atoms with van der Waals surface area (Å²) in [4.78, 5) is 0. The summed E-state index contributed by atoms with van der Waals surface area (Å²) in [6, 6.07) is 7.79. The van der Waals surface area contributed by atoms with E-state index >= 15 is 0 Å². The Bertz CT molecular complexity index is 247. The zero-order valence-corrected chi connectivity index (χ0v) is 7.33. The van der Waals surface area contributed by atoms with Gasteiger partial charge in [-0.15, -0.1) is 0 Å². The van der Waals surface area contributed by atoms with E-state index in [-0.39, 0.29) is 12.6 Å². The van der Waals surface area contributed by atoms with Crippen molar-refractivity contribution < 1.29 is 5.11 Å². The number of hydrogen-bond donors (Lipinski definition) is 2. The molecule has 12 heavy (non-hydrogen) atoms. The predicted octanol–water partition coefficient (Wildman–Crippen LogP) is 1.24. The van der Waals surface area contributed by atoms with Crippen molar-refractivity contribution in [1.29, 1.82) is 0 Å². The van der Waals surface area contributed by atoms with E-state index in [0.29, 0.717) is 0 Å². The van der Waals surface area contributed by atoms with Crippen molar-refractivity contribution >= 4 is 0 Å². The van der Waals surface area contributed by atoms with Crippen molar-refractivity contribution in [2.24, 2.45) is 5.73 Å². The molecule has 2 heteroatoms. The molecule has 0 bridgehead atoms. The monoisotopic (exact) mass is 165 g/mol. The molecule has 0 heterocycles. The highest BCUT2D eigenvalue weighted by Crippen LogP contribution is 2.11. The van der Waals surface area contributed by atoms with E-state index in [9.17, 15) is 0 Å². The molecule has 1 aromatic carbocycles. The smallest absolute Gasteiger partial charge is 0.0624 e. The molecule has 0 spiro atoms. The van der Waals surface area contributed by atoms with Gasteiger partial charge >= 0.3 is 0 Å². The molecule has 0 amide bonds. The van der Waals surface area contributed by atoms with Crippen molar-refractivity contribution in [3.8, 4) is 0 Å². The molecule has 1 unspecified atom stereocenters. The molecule has 3 N–H and O–H groups in total. The summed E-state index contributed by atoms with van der Waals surface area (Å²) in [6.07, 6.45) is 1.01. The molecule has 0 aliphatic rings. The van der Waals surface area contributed by atoms with Crippen LogP contribution in [0.2, 0.25) is 0 Å². The Morgan fingerprint density at radius 3 is 2.83 bits per heavy atom. The second-order valence-electron chi connectivity index (χ2n) is 2.89. The fourth-order valence-corrected chi connectivity index (χ4v) is 1.15. The maximum atomic E-state index is 8.83. The van der Waals surface area contributed by atoms with E-state index in [2.05, 4.69) is 13.0 Å². The Kier molecular flexibility index (Phi) is 3.26. The number of rotatable bonds is 3. The summed E-state index contributed by atoms with van der Waals surface area (Å²) in [7, 11) is 0. The van der Waals surface area contributed by atoms with Crippen molar-refractivity contribution in [1.82, 2.24) is 0 Å². The summed E-state index contributed by atoms with van der Waals surface area (Å²) in [6.45, 7) is 2.11. The van der Waals surface area contributed by atoms with Crippen molar-refractivity contribution in [3.63, 3.8) is 0 Å². The normalized spacial score (nSPS) is 12.9. The number of hydrogen-bond acceptors (Lipinski definition) is 2. The molecule has 1 rings (SSSR count). The van der Waals surface area contributed by atoms with Gasteiger partial charge in [-0.05, 0) is 17.5 Å². The van der Waals surface area contributed by atoms with E-state index in [1.165, 1.54) is 5.56 Å². The first-order valence-electron chi connectivity index (χ1n) is 4.23. The molecule has 1 atom stereocenters. The highest BCUT2D eigenvalue weighted by atomic mass is 16.3. The van der Waals surface area contributed by atoms with Crippen LogP contribution in [-0.2, 0) is 6.42 Å². The first kappa shape index (κ1) is 9.23. The Labute approximate surface area is 73.0 Å². The zero-order chi connectivity index (χ0) is 8.97. The van der Waals surface area contributed by atoms with Crippen LogP contribution in [-0.4, -0.2) is 11.7 Å². The van der Waals surface area contributed by atoms with Gasteiger partial charge in [-0.3, -0.25) is 0 Å². The van der Waals surface area contributed by atoms with Crippen LogP contribution >= 0.6 is 0 Å². The largest absolute Gasteiger partial charge is 0.394 e. The van der Waals surface area contributed by atoms with Crippen molar-refractivity contribution in [3.05, 3.63) is 35.4 Å². The van der Waals surface area contributed by atoms with Crippen LogP contribution in [0.5, 0.6) is 0 Å². The lowest BCUT2D eigenvalue weighted by Crippen LogP contribution is -2.14. The van der Waals surface area contributed by atoms with Crippen LogP contribution in [0.25, 0.3) is 0 Å². The summed E-state index contributed by atoms with van der Waals surface area (Å²) < 4.78 is 0. The van der Waals surface area contributed by atoms with Gasteiger partial charge in [-0.2, -0.15) is 0 Å². The molecule has 0 aliphatic heterocycles. The minimum Gasteiger partial charge on any atom is -0.394 e. The molecule has 0 aromatic heterocycles. The van der Waals surface area contributed by atoms with Gasteiger partial charge in [0, 0.05) is 0 Å². The molecule has 1 aromatic rings. The molecular formula is C10H15NO. The van der Waals surface area contributed by atoms with Gasteiger partial charge in [0.1, 0.15) is 0 Å². The fourth-order valence-electron chi connectivity index (χ4n) is 1.15. The lowest BCUT2D eigenvalue weighted by molar-refractivity contribution is 0.268. The molecule has 0 fully saturated rings. The van der Waals surface area contributed by atoms with Crippen LogP contribution in [0, 0.1) is 0 Å². The van der Waals surface area contributed by atoms with Gasteiger partial charge in [0.15, 0.2) is 0 Å². The van der Waals surface area contributed by atoms with Gasteiger partial charge in [0.25, 0.3) is 0 Å². The Balaban J connectivity index is 2.86.